The lowest BCUT2D eigenvalue weighted by Gasteiger charge is -2.35. The number of nitrogens with one attached hydrogen (secondary N) is 1. The Morgan fingerprint density at radius 2 is 1.52 bits per heavy atom. The van der Waals surface area contributed by atoms with Crippen LogP contribution in [0, 0.1) is 5.92 Å². The Kier molecular flexibility index (Phi) is 5.30. The fraction of sp³-hybridized carbons (Fsp3) is 0.333. The Morgan fingerprint density at radius 1 is 1.03 bits per heavy atom. The number of halogens is 3. The molecule has 1 aliphatic carbocycles. The molecule has 1 aliphatic rings. The van der Waals surface area contributed by atoms with Crippen LogP contribution in [0.2, 0.25) is 0 Å². The van der Waals surface area contributed by atoms with Gasteiger partial charge >= 0.3 is 18.2 Å². The highest BCUT2D eigenvalue weighted by Crippen LogP contribution is 2.44. The first-order valence-corrected chi connectivity index (χ1v) is 9.03. The largest absolute Gasteiger partial charge is 0.479 e. The molecule has 0 saturated carbocycles. The van der Waals surface area contributed by atoms with E-state index in [9.17, 15) is 27.9 Å². The monoisotopic (exact) mass is 407 g/mol. The van der Waals surface area contributed by atoms with Crippen LogP contribution in [0.15, 0.2) is 48.5 Å². The zero-order valence-corrected chi connectivity index (χ0v) is 15.8. The van der Waals surface area contributed by atoms with Crippen LogP contribution in [0.1, 0.15) is 30.9 Å². The molecule has 1 atom stereocenters. The van der Waals surface area contributed by atoms with Crippen molar-refractivity contribution in [2.75, 3.05) is 6.61 Å². The van der Waals surface area contributed by atoms with Gasteiger partial charge < -0.3 is 9.84 Å². The Balaban J connectivity index is 1.81. The zero-order chi connectivity index (χ0) is 21.4. The van der Waals surface area contributed by atoms with Gasteiger partial charge in [-0.05, 0) is 28.2 Å². The van der Waals surface area contributed by atoms with Crippen molar-refractivity contribution in [2.24, 2.45) is 5.92 Å². The maximum Gasteiger partial charge on any atom is 0.422 e. The van der Waals surface area contributed by atoms with E-state index in [-0.39, 0.29) is 12.5 Å². The number of benzene rings is 2. The van der Waals surface area contributed by atoms with Crippen LogP contribution in [0.4, 0.5) is 18.0 Å². The van der Waals surface area contributed by atoms with E-state index in [1.54, 1.807) is 5.32 Å². The van der Waals surface area contributed by atoms with Crippen LogP contribution in [-0.2, 0) is 9.53 Å². The summed E-state index contributed by atoms with van der Waals surface area (Å²) in [5, 5.41) is 10.8. The van der Waals surface area contributed by atoms with Crippen molar-refractivity contribution in [3.05, 3.63) is 59.7 Å². The number of fused-ring (bicyclic) bond motifs is 3. The number of alkyl carbamates (subject to hydrolysis) is 1. The number of carbonyl (C=O) groups is 2. The van der Waals surface area contributed by atoms with Gasteiger partial charge in [0.25, 0.3) is 0 Å². The predicted molar refractivity (Wildman–Crippen MR) is 99.5 cm³/mol. The number of hydrogen-bond donors (Lipinski definition) is 2. The van der Waals surface area contributed by atoms with E-state index in [1.807, 2.05) is 48.5 Å². The van der Waals surface area contributed by atoms with Crippen molar-refractivity contribution < 1.29 is 32.6 Å². The molecule has 1 unspecified atom stereocenters. The second-order valence-corrected chi connectivity index (χ2v) is 7.22. The van der Waals surface area contributed by atoms with Gasteiger partial charge in [0.1, 0.15) is 6.61 Å². The van der Waals surface area contributed by atoms with Crippen LogP contribution in [0.5, 0.6) is 0 Å². The van der Waals surface area contributed by atoms with Crippen LogP contribution in [0.25, 0.3) is 11.1 Å². The molecule has 0 radical (unpaired) electrons. The van der Waals surface area contributed by atoms with Gasteiger partial charge in [-0.25, -0.2) is 9.59 Å². The van der Waals surface area contributed by atoms with Crippen LogP contribution >= 0.6 is 0 Å². The molecular formula is C21H20F3NO4. The fourth-order valence-corrected chi connectivity index (χ4v) is 3.76. The molecule has 0 fully saturated rings. The molecule has 1 amide bonds. The summed E-state index contributed by atoms with van der Waals surface area (Å²) in [7, 11) is 0. The summed E-state index contributed by atoms with van der Waals surface area (Å²) in [5.41, 5.74) is 0.288. The number of rotatable bonds is 5. The summed E-state index contributed by atoms with van der Waals surface area (Å²) in [4.78, 5) is 23.6. The van der Waals surface area contributed by atoms with Crippen molar-refractivity contribution >= 4 is 12.1 Å². The fourth-order valence-electron chi connectivity index (χ4n) is 3.76. The number of aliphatic carboxylic acids is 1. The van der Waals surface area contributed by atoms with Gasteiger partial charge in [-0.2, -0.15) is 13.2 Å². The number of ether oxygens (including phenoxy) is 1. The average Bonchev–Trinajstić information content (AvgIpc) is 2.97. The SMILES string of the molecule is CC(C)C(NC(=O)OCC1c2ccccc2-c2ccccc21)(C(=O)O)C(F)(F)F. The summed E-state index contributed by atoms with van der Waals surface area (Å²) in [6.45, 7) is 1.93. The van der Waals surface area contributed by atoms with Crippen LogP contribution in [-0.4, -0.2) is 35.5 Å². The summed E-state index contributed by atoms with van der Waals surface area (Å²) >= 11 is 0. The highest BCUT2D eigenvalue weighted by molar-refractivity contribution is 5.86. The molecule has 0 spiro atoms. The van der Waals surface area contributed by atoms with E-state index < -0.39 is 29.7 Å². The van der Waals surface area contributed by atoms with Crippen molar-refractivity contribution in [2.45, 2.75) is 31.5 Å². The first-order chi connectivity index (χ1) is 13.6. The van der Waals surface area contributed by atoms with E-state index in [2.05, 4.69) is 0 Å². The second kappa shape index (κ2) is 7.42. The minimum absolute atomic E-state index is 0.217. The number of carbonyl (C=O) groups excluding carboxylic acids is 1. The molecule has 0 bridgehead atoms. The Labute approximate surface area is 165 Å². The number of hydrogen-bond acceptors (Lipinski definition) is 3. The van der Waals surface area contributed by atoms with Crippen molar-refractivity contribution in [3.63, 3.8) is 0 Å². The molecular weight excluding hydrogens is 387 g/mol. The molecule has 0 heterocycles. The third-order valence-corrected chi connectivity index (χ3v) is 5.29. The second-order valence-electron chi connectivity index (χ2n) is 7.22. The average molecular weight is 407 g/mol. The first-order valence-electron chi connectivity index (χ1n) is 9.03. The molecule has 5 nitrogen and oxygen atoms in total. The number of alkyl halides is 3. The lowest BCUT2D eigenvalue weighted by molar-refractivity contribution is -0.217. The number of amides is 1. The van der Waals surface area contributed by atoms with Gasteiger partial charge in [0.15, 0.2) is 0 Å². The van der Waals surface area contributed by atoms with Crippen molar-refractivity contribution in [3.8, 4) is 11.1 Å². The van der Waals surface area contributed by atoms with Crippen LogP contribution in [0.3, 0.4) is 0 Å². The van der Waals surface area contributed by atoms with Crippen molar-refractivity contribution in [1.82, 2.24) is 5.32 Å². The van der Waals surface area contributed by atoms with E-state index >= 15 is 0 Å². The summed E-state index contributed by atoms with van der Waals surface area (Å²) in [5.74, 6) is -3.98. The molecule has 2 aromatic rings. The third-order valence-electron chi connectivity index (χ3n) is 5.29. The standard InChI is InChI=1S/C21H20F3NO4/c1-12(2)20(18(26)27,21(22,23)24)25-19(28)29-11-17-15-9-5-3-7-13(15)14-8-4-6-10-16(14)17/h3-10,12,17H,11H2,1-2H3,(H,25,28)(H,26,27). The Bertz CT molecular complexity index is 896. The summed E-state index contributed by atoms with van der Waals surface area (Å²) < 4.78 is 45.6. The van der Waals surface area contributed by atoms with E-state index in [0.29, 0.717) is 0 Å². The molecule has 154 valence electrons. The Morgan fingerprint density at radius 3 is 1.93 bits per heavy atom. The highest BCUT2D eigenvalue weighted by Gasteiger charge is 2.64. The van der Waals surface area contributed by atoms with Crippen LogP contribution < -0.4 is 5.32 Å². The third kappa shape index (κ3) is 3.43. The summed E-state index contributed by atoms with van der Waals surface area (Å²) in [6, 6.07) is 15.0. The number of carboxylic acids is 1. The minimum Gasteiger partial charge on any atom is -0.479 e. The molecule has 0 saturated heterocycles. The molecule has 2 N–H and O–H groups in total. The van der Waals surface area contributed by atoms with Crippen molar-refractivity contribution in [1.29, 1.82) is 0 Å². The Hall–Kier alpha value is -3.03. The van der Waals surface area contributed by atoms with Gasteiger partial charge in [0.2, 0.25) is 5.54 Å². The molecule has 3 rings (SSSR count). The summed E-state index contributed by atoms with van der Waals surface area (Å²) in [6.07, 6.45) is -6.63. The maximum absolute atomic E-state index is 13.5. The topological polar surface area (TPSA) is 75.6 Å². The quantitative estimate of drug-likeness (QED) is 0.762. The van der Waals surface area contributed by atoms with Gasteiger partial charge in [-0.3, -0.25) is 5.32 Å². The number of carboxylic acid groups (broad SMARTS) is 1. The predicted octanol–water partition coefficient (Wildman–Crippen LogP) is 4.57. The van der Waals surface area contributed by atoms with E-state index in [1.165, 1.54) is 0 Å². The molecule has 8 heteroatoms. The zero-order valence-electron chi connectivity index (χ0n) is 15.8. The van der Waals surface area contributed by atoms with Gasteiger partial charge in [0.05, 0.1) is 0 Å². The molecule has 0 aliphatic heterocycles. The minimum atomic E-state index is -5.20. The smallest absolute Gasteiger partial charge is 0.422 e. The lowest BCUT2D eigenvalue weighted by Crippen LogP contribution is -2.67. The van der Waals surface area contributed by atoms with E-state index in [0.717, 1.165) is 36.1 Å². The highest BCUT2D eigenvalue weighted by atomic mass is 19.4. The first kappa shape index (κ1) is 20.7. The molecule has 2 aromatic carbocycles. The molecule has 0 aromatic heterocycles. The maximum atomic E-state index is 13.5. The van der Waals surface area contributed by atoms with Gasteiger partial charge in [-0.1, -0.05) is 62.4 Å². The van der Waals surface area contributed by atoms with Gasteiger partial charge in [0, 0.05) is 5.92 Å². The lowest BCUT2D eigenvalue weighted by atomic mass is 9.85. The molecule has 29 heavy (non-hydrogen) atoms. The normalized spacial score (nSPS) is 15.4. The van der Waals surface area contributed by atoms with Gasteiger partial charge in [-0.15, -0.1) is 0 Å². The van der Waals surface area contributed by atoms with E-state index in [4.69, 9.17) is 4.74 Å².